The molecule has 116 valence electrons. The van der Waals surface area contributed by atoms with Crippen molar-refractivity contribution in [2.24, 2.45) is 5.73 Å². The number of benzene rings is 1. The van der Waals surface area contributed by atoms with Gasteiger partial charge in [0.25, 0.3) is 0 Å². The van der Waals surface area contributed by atoms with Gasteiger partial charge in [0.05, 0.1) is 23.0 Å². The molecule has 0 bridgehead atoms. The first-order valence-electron chi connectivity index (χ1n) is 7.90. The summed E-state index contributed by atoms with van der Waals surface area (Å²) in [6.07, 6.45) is 4.83. The Kier molecular flexibility index (Phi) is 4.40. The van der Waals surface area contributed by atoms with Crippen LogP contribution < -0.4 is 5.73 Å². The summed E-state index contributed by atoms with van der Waals surface area (Å²) < 4.78 is 0. The van der Waals surface area contributed by atoms with Crippen LogP contribution >= 0.6 is 0 Å². The smallest absolute Gasteiger partial charge is 0.0991 e. The number of aryl methyl sites for hydroxylation is 2. The molecule has 0 aliphatic heterocycles. The maximum atomic E-state index is 9.17. The molecule has 0 aliphatic rings. The van der Waals surface area contributed by atoms with Crippen molar-refractivity contribution in [3.8, 4) is 17.5 Å². The van der Waals surface area contributed by atoms with Crippen LogP contribution in [-0.4, -0.2) is 16.5 Å². The Morgan fingerprint density at radius 3 is 2.78 bits per heavy atom. The number of nitriles is 1. The van der Waals surface area contributed by atoms with Crippen molar-refractivity contribution in [3.63, 3.8) is 0 Å². The number of unbranched alkanes of at least 4 members (excludes halogenated alkanes) is 1. The van der Waals surface area contributed by atoms with Crippen LogP contribution in [0.25, 0.3) is 22.3 Å². The Morgan fingerprint density at radius 1 is 1.22 bits per heavy atom. The van der Waals surface area contributed by atoms with Crippen LogP contribution in [0.2, 0.25) is 0 Å². The van der Waals surface area contributed by atoms with Gasteiger partial charge in [0, 0.05) is 17.1 Å². The second-order valence-electron chi connectivity index (χ2n) is 5.82. The molecule has 2 aromatic heterocycles. The predicted molar refractivity (Wildman–Crippen MR) is 93.0 cm³/mol. The zero-order chi connectivity index (χ0) is 16.2. The number of H-pyrrole nitrogens is 1. The molecule has 0 spiro atoms. The average molecular weight is 304 g/mol. The molecular formula is C19H20N4. The highest BCUT2D eigenvalue weighted by atomic mass is 14.8. The largest absolute Gasteiger partial charge is 0.353 e. The molecule has 0 fully saturated rings. The predicted octanol–water partition coefficient (Wildman–Crippen LogP) is 3.69. The molecule has 0 radical (unpaired) electrons. The van der Waals surface area contributed by atoms with Crippen molar-refractivity contribution >= 4 is 10.9 Å². The summed E-state index contributed by atoms with van der Waals surface area (Å²) in [4.78, 5) is 8.03. The van der Waals surface area contributed by atoms with E-state index in [2.05, 4.69) is 22.1 Å². The molecule has 1 aromatic carbocycles. The van der Waals surface area contributed by atoms with E-state index in [4.69, 9.17) is 11.0 Å². The van der Waals surface area contributed by atoms with Crippen molar-refractivity contribution in [2.75, 3.05) is 6.54 Å². The summed E-state index contributed by atoms with van der Waals surface area (Å²) in [6, 6.07) is 12.1. The van der Waals surface area contributed by atoms with Gasteiger partial charge >= 0.3 is 0 Å². The highest BCUT2D eigenvalue weighted by Crippen LogP contribution is 2.31. The molecule has 0 aliphatic carbocycles. The van der Waals surface area contributed by atoms with Crippen molar-refractivity contribution in [1.29, 1.82) is 5.26 Å². The van der Waals surface area contributed by atoms with Gasteiger partial charge in [0.1, 0.15) is 0 Å². The fraction of sp³-hybridized carbons (Fsp3) is 0.263. The molecule has 0 unspecified atom stereocenters. The lowest BCUT2D eigenvalue weighted by Gasteiger charge is -2.05. The number of nitrogens with two attached hydrogens (primary N) is 1. The summed E-state index contributed by atoms with van der Waals surface area (Å²) in [5.74, 6) is 0. The van der Waals surface area contributed by atoms with Gasteiger partial charge in [-0.05, 0) is 68.1 Å². The van der Waals surface area contributed by atoms with E-state index in [1.807, 2.05) is 37.4 Å². The number of hydrogen-bond donors (Lipinski definition) is 2. The molecule has 3 aromatic rings. The van der Waals surface area contributed by atoms with Gasteiger partial charge in [0.2, 0.25) is 0 Å². The third-order valence-electron chi connectivity index (χ3n) is 4.08. The molecule has 0 saturated carbocycles. The second-order valence-corrected chi connectivity index (χ2v) is 5.82. The summed E-state index contributed by atoms with van der Waals surface area (Å²) in [5.41, 5.74) is 11.7. The van der Waals surface area contributed by atoms with Crippen LogP contribution in [0.5, 0.6) is 0 Å². The number of nitrogens with one attached hydrogen (secondary N) is 1. The molecule has 0 saturated heterocycles. The molecule has 0 amide bonds. The van der Waals surface area contributed by atoms with E-state index in [0.29, 0.717) is 12.1 Å². The van der Waals surface area contributed by atoms with E-state index in [-0.39, 0.29) is 0 Å². The first kappa shape index (κ1) is 15.3. The van der Waals surface area contributed by atoms with Gasteiger partial charge in [-0.3, -0.25) is 4.98 Å². The average Bonchev–Trinajstić information content (AvgIpc) is 2.93. The van der Waals surface area contributed by atoms with Gasteiger partial charge < -0.3 is 10.7 Å². The minimum atomic E-state index is 0.681. The van der Waals surface area contributed by atoms with Gasteiger partial charge in [-0.25, -0.2) is 0 Å². The summed E-state index contributed by atoms with van der Waals surface area (Å²) in [6.45, 7) is 2.73. The van der Waals surface area contributed by atoms with Crippen molar-refractivity contribution in [2.45, 2.75) is 26.2 Å². The third-order valence-corrected chi connectivity index (χ3v) is 4.08. The van der Waals surface area contributed by atoms with Crippen molar-refractivity contribution < 1.29 is 0 Å². The van der Waals surface area contributed by atoms with Crippen molar-refractivity contribution in [1.82, 2.24) is 9.97 Å². The fourth-order valence-corrected chi connectivity index (χ4v) is 2.86. The molecule has 23 heavy (non-hydrogen) atoms. The van der Waals surface area contributed by atoms with Crippen LogP contribution in [0, 0.1) is 18.3 Å². The number of rotatable bonds is 5. The summed E-state index contributed by atoms with van der Waals surface area (Å²) >= 11 is 0. The minimum absolute atomic E-state index is 0.681. The van der Waals surface area contributed by atoms with Crippen LogP contribution in [-0.2, 0) is 6.42 Å². The Hall–Kier alpha value is -2.64. The lowest BCUT2D eigenvalue weighted by atomic mass is 10.0. The number of aromatic amines is 1. The number of hydrogen-bond acceptors (Lipinski definition) is 3. The first-order chi connectivity index (χ1) is 11.2. The Balaban J connectivity index is 2.13. The Bertz CT molecular complexity index is 853. The monoisotopic (exact) mass is 304 g/mol. The summed E-state index contributed by atoms with van der Waals surface area (Å²) in [5, 5.41) is 10.3. The molecule has 2 heterocycles. The molecule has 4 heteroatoms. The second kappa shape index (κ2) is 6.64. The SMILES string of the molecule is Cc1ccc(-c2[nH]c3ccc(C#N)cc3c2CCCCN)nc1. The zero-order valence-electron chi connectivity index (χ0n) is 13.3. The standard InChI is InChI=1S/C19H20N4/c1-13-5-7-18(22-12-13)19-15(4-2-3-9-20)16-10-14(11-21)6-8-17(16)23-19/h5-8,10,12,23H,2-4,9,20H2,1H3. The quantitative estimate of drug-likeness (QED) is 0.706. The maximum absolute atomic E-state index is 9.17. The van der Waals surface area contributed by atoms with Crippen LogP contribution in [0.3, 0.4) is 0 Å². The highest BCUT2D eigenvalue weighted by Gasteiger charge is 2.14. The number of pyridine rings is 1. The third kappa shape index (κ3) is 3.10. The molecule has 0 atom stereocenters. The maximum Gasteiger partial charge on any atom is 0.0991 e. The van der Waals surface area contributed by atoms with E-state index in [0.717, 1.165) is 47.1 Å². The number of nitrogens with zero attached hydrogens (tertiary/aromatic N) is 2. The van der Waals surface area contributed by atoms with Gasteiger partial charge in [0.15, 0.2) is 0 Å². The Labute approximate surface area is 136 Å². The van der Waals surface area contributed by atoms with Gasteiger partial charge in [-0.1, -0.05) is 6.07 Å². The lowest BCUT2D eigenvalue weighted by molar-refractivity contribution is 0.748. The van der Waals surface area contributed by atoms with E-state index in [1.165, 1.54) is 5.56 Å². The van der Waals surface area contributed by atoms with Gasteiger partial charge in [-0.15, -0.1) is 0 Å². The van der Waals surface area contributed by atoms with E-state index in [9.17, 15) is 0 Å². The Morgan fingerprint density at radius 2 is 2.09 bits per heavy atom. The molecular weight excluding hydrogens is 284 g/mol. The van der Waals surface area contributed by atoms with Crippen molar-refractivity contribution in [3.05, 3.63) is 53.2 Å². The number of fused-ring (bicyclic) bond motifs is 1. The molecule has 3 rings (SSSR count). The van der Waals surface area contributed by atoms with E-state index < -0.39 is 0 Å². The van der Waals surface area contributed by atoms with Gasteiger partial charge in [-0.2, -0.15) is 5.26 Å². The molecule has 4 nitrogen and oxygen atoms in total. The van der Waals surface area contributed by atoms with Crippen LogP contribution in [0.15, 0.2) is 36.5 Å². The topological polar surface area (TPSA) is 78.5 Å². The zero-order valence-corrected chi connectivity index (χ0v) is 13.3. The molecule has 3 N–H and O–H groups in total. The first-order valence-corrected chi connectivity index (χ1v) is 7.90. The lowest BCUT2D eigenvalue weighted by Crippen LogP contribution is -1.99. The fourth-order valence-electron chi connectivity index (χ4n) is 2.86. The summed E-state index contributed by atoms with van der Waals surface area (Å²) in [7, 11) is 0. The number of aromatic nitrogens is 2. The van der Waals surface area contributed by atoms with Crippen LogP contribution in [0.1, 0.15) is 29.5 Å². The minimum Gasteiger partial charge on any atom is -0.353 e. The normalized spacial score (nSPS) is 10.8. The highest BCUT2D eigenvalue weighted by molar-refractivity contribution is 5.91. The van der Waals surface area contributed by atoms with Crippen LogP contribution in [0.4, 0.5) is 0 Å². The van der Waals surface area contributed by atoms with E-state index >= 15 is 0 Å². The van der Waals surface area contributed by atoms with E-state index in [1.54, 1.807) is 0 Å².